The highest BCUT2D eigenvalue weighted by Gasteiger charge is 2.55. The topological polar surface area (TPSA) is 26.0 Å². The summed E-state index contributed by atoms with van der Waals surface area (Å²) in [7, 11) is 0. The molecular formula is C20H29NS. The fourth-order valence-corrected chi connectivity index (χ4v) is 5.37. The first-order chi connectivity index (χ1) is 10.3. The molecule has 2 saturated carbocycles. The van der Waals surface area contributed by atoms with E-state index in [2.05, 4.69) is 51.1 Å². The molecule has 0 heterocycles. The molecular weight excluding hydrogens is 286 g/mol. The smallest absolute Gasteiger partial charge is 0.0790 e. The number of nitrogens with two attached hydrogens (primary N) is 1. The van der Waals surface area contributed by atoms with Crippen LogP contribution in [0.1, 0.15) is 64.9 Å². The molecule has 1 aromatic rings. The molecule has 1 aromatic carbocycles. The Labute approximate surface area is 140 Å². The molecule has 0 amide bonds. The molecule has 2 bridgehead atoms. The van der Waals surface area contributed by atoms with Gasteiger partial charge in [-0.05, 0) is 60.8 Å². The first-order valence-electron chi connectivity index (χ1n) is 8.69. The summed E-state index contributed by atoms with van der Waals surface area (Å²) in [6.07, 6.45) is 7.22. The van der Waals surface area contributed by atoms with Gasteiger partial charge in [-0.25, -0.2) is 0 Å². The van der Waals surface area contributed by atoms with Crippen molar-refractivity contribution in [3.8, 4) is 0 Å². The minimum atomic E-state index is 0.0830. The van der Waals surface area contributed by atoms with Crippen molar-refractivity contribution in [3.05, 3.63) is 35.9 Å². The first kappa shape index (κ1) is 16.0. The van der Waals surface area contributed by atoms with E-state index in [1.807, 2.05) is 0 Å². The monoisotopic (exact) mass is 315 g/mol. The Kier molecular flexibility index (Phi) is 3.87. The van der Waals surface area contributed by atoms with Gasteiger partial charge in [-0.2, -0.15) is 0 Å². The fourth-order valence-electron chi connectivity index (χ4n) is 5.11. The Morgan fingerprint density at radius 2 is 1.86 bits per heavy atom. The van der Waals surface area contributed by atoms with Gasteiger partial charge in [0.1, 0.15) is 0 Å². The maximum Gasteiger partial charge on any atom is 0.0790 e. The van der Waals surface area contributed by atoms with Crippen molar-refractivity contribution < 1.29 is 0 Å². The normalized spacial score (nSPS) is 36.8. The molecule has 120 valence electrons. The largest absolute Gasteiger partial charge is 0.393 e. The van der Waals surface area contributed by atoms with Gasteiger partial charge in [-0.3, -0.25) is 0 Å². The van der Waals surface area contributed by atoms with Gasteiger partial charge in [0.05, 0.1) is 4.99 Å². The minimum Gasteiger partial charge on any atom is -0.393 e. The van der Waals surface area contributed by atoms with Crippen LogP contribution in [0.3, 0.4) is 0 Å². The highest BCUT2D eigenvalue weighted by atomic mass is 32.1. The summed E-state index contributed by atoms with van der Waals surface area (Å²) in [5.74, 6) is 0.719. The van der Waals surface area contributed by atoms with Crippen molar-refractivity contribution in [1.82, 2.24) is 0 Å². The van der Waals surface area contributed by atoms with Crippen LogP contribution in [-0.4, -0.2) is 4.99 Å². The van der Waals surface area contributed by atoms with Crippen molar-refractivity contribution in [1.29, 1.82) is 0 Å². The van der Waals surface area contributed by atoms with Gasteiger partial charge in [-0.15, -0.1) is 0 Å². The molecule has 2 aliphatic rings. The van der Waals surface area contributed by atoms with E-state index in [4.69, 9.17) is 18.0 Å². The van der Waals surface area contributed by atoms with Crippen molar-refractivity contribution in [2.24, 2.45) is 22.5 Å². The van der Waals surface area contributed by atoms with Crippen LogP contribution in [0.25, 0.3) is 0 Å². The van der Waals surface area contributed by atoms with Crippen LogP contribution < -0.4 is 5.73 Å². The third-order valence-corrected chi connectivity index (χ3v) is 7.32. The standard InChI is InChI=1S/C20H29NS/c1-4-19(15-8-6-5-7-9-15)12-16-13-20(14-19,17(21)22)11-10-18(16,2)3/h5-9,16H,4,10-14H2,1-3H3,(H2,21,22). The quantitative estimate of drug-likeness (QED) is 0.773. The number of fused-ring (bicyclic) bond motifs is 2. The van der Waals surface area contributed by atoms with E-state index in [1.165, 1.54) is 37.7 Å². The maximum atomic E-state index is 6.28. The van der Waals surface area contributed by atoms with Crippen LogP contribution in [0.2, 0.25) is 0 Å². The highest BCUT2D eigenvalue weighted by Crippen LogP contribution is 2.62. The summed E-state index contributed by atoms with van der Waals surface area (Å²) in [5.41, 5.74) is 8.50. The van der Waals surface area contributed by atoms with E-state index in [9.17, 15) is 0 Å². The molecule has 3 unspecified atom stereocenters. The second-order valence-electron chi connectivity index (χ2n) is 8.42. The van der Waals surface area contributed by atoms with E-state index in [-0.39, 0.29) is 10.8 Å². The molecule has 0 radical (unpaired) electrons. The summed E-state index contributed by atoms with van der Waals surface area (Å²) in [4.78, 5) is 0.765. The highest BCUT2D eigenvalue weighted by molar-refractivity contribution is 7.80. The van der Waals surface area contributed by atoms with Crippen LogP contribution in [0.15, 0.2) is 30.3 Å². The lowest BCUT2D eigenvalue weighted by molar-refractivity contribution is -0.0144. The van der Waals surface area contributed by atoms with Gasteiger partial charge >= 0.3 is 0 Å². The number of rotatable bonds is 3. The summed E-state index contributed by atoms with van der Waals surface area (Å²) >= 11 is 5.57. The van der Waals surface area contributed by atoms with Crippen molar-refractivity contribution in [2.45, 2.75) is 64.7 Å². The van der Waals surface area contributed by atoms with E-state index in [1.54, 1.807) is 0 Å². The van der Waals surface area contributed by atoms with E-state index in [0.717, 1.165) is 17.3 Å². The Bertz CT molecular complexity index is 564. The molecule has 0 aromatic heterocycles. The molecule has 1 nitrogen and oxygen atoms in total. The molecule has 3 rings (SSSR count). The molecule has 0 saturated heterocycles. The lowest BCUT2D eigenvalue weighted by Crippen LogP contribution is -2.54. The average Bonchev–Trinajstić information content (AvgIpc) is 2.52. The van der Waals surface area contributed by atoms with Gasteiger partial charge in [0.2, 0.25) is 0 Å². The van der Waals surface area contributed by atoms with Crippen molar-refractivity contribution in [2.75, 3.05) is 0 Å². The van der Waals surface area contributed by atoms with E-state index in [0.29, 0.717) is 5.41 Å². The second kappa shape index (κ2) is 5.33. The summed E-state index contributed by atoms with van der Waals surface area (Å²) < 4.78 is 0. The molecule has 2 heteroatoms. The Hall–Kier alpha value is -0.890. The van der Waals surface area contributed by atoms with E-state index < -0.39 is 0 Å². The predicted molar refractivity (Wildman–Crippen MR) is 98.0 cm³/mol. The summed E-state index contributed by atoms with van der Waals surface area (Å²) in [6.45, 7) is 7.23. The molecule has 22 heavy (non-hydrogen) atoms. The molecule has 2 aliphatic carbocycles. The average molecular weight is 316 g/mol. The van der Waals surface area contributed by atoms with Crippen LogP contribution in [0.5, 0.6) is 0 Å². The van der Waals surface area contributed by atoms with Crippen LogP contribution in [0.4, 0.5) is 0 Å². The van der Waals surface area contributed by atoms with Crippen molar-refractivity contribution in [3.63, 3.8) is 0 Å². The SMILES string of the molecule is CCC1(c2ccccc2)CC2CC(C(N)=S)(CCC2(C)C)C1. The molecule has 2 N–H and O–H groups in total. The lowest BCUT2D eigenvalue weighted by atomic mass is 9.46. The predicted octanol–water partition coefficient (Wildman–Crippen LogP) is 5.23. The van der Waals surface area contributed by atoms with Crippen LogP contribution >= 0.6 is 12.2 Å². The number of benzene rings is 1. The first-order valence-corrected chi connectivity index (χ1v) is 9.10. The van der Waals surface area contributed by atoms with Crippen molar-refractivity contribution >= 4 is 17.2 Å². The number of hydrogen-bond acceptors (Lipinski definition) is 1. The zero-order chi connectivity index (χ0) is 16.0. The molecule has 0 spiro atoms. The third-order valence-electron chi connectivity index (χ3n) is 6.89. The number of thiocarbonyl (C=S) groups is 1. The second-order valence-corrected chi connectivity index (χ2v) is 8.85. The Morgan fingerprint density at radius 1 is 1.18 bits per heavy atom. The van der Waals surface area contributed by atoms with E-state index >= 15 is 0 Å². The molecule has 0 aliphatic heterocycles. The fraction of sp³-hybridized carbons (Fsp3) is 0.650. The van der Waals surface area contributed by atoms with Crippen LogP contribution in [-0.2, 0) is 5.41 Å². The Balaban J connectivity index is 2.08. The summed E-state index contributed by atoms with van der Waals surface area (Å²) in [6, 6.07) is 11.1. The van der Waals surface area contributed by atoms with Gasteiger partial charge in [0.15, 0.2) is 0 Å². The summed E-state index contributed by atoms with van der Waals surface area (Å²) in [5, 5.41) is 0. The zero-order valence-electron chi connectivity index (χ0n) is 14.2. The van der Waals surface area contributed by atoms with Gasteiger partial charge in [0.25, 0.3) is 0 Å². The minimum absolute atomic E-state index is 0.0830. The van der Waals surface area contributed by atoms with Crippen LogP contribution in [0, 0.1) is 16.7 Å². The molecule has 3 atom stereocenters. The zero-order valence-corrected chi connectivity index (χ0v) is 15.0. The third kappa shape index (κ3) is 2.40. The van der Waals surface area contributed by atoms with Gasteiger partial charge in [-0.1, -0.05) is 63.3 Å². The van der Waals surface area contributed by atoms with Gasteiger partial charge < -0.3 is 5.73 Å². The maximum absolute atomic E-state index is 6.28. The lowest BCUT2D eigenvalue weighted by Gasteiger charge is -2.58. The van der Waals surface area contributed by atoms with Gasteiger partial charge in [0, 0.05) is 5.41 Å². The molecule has 2 fully saturated rings. The Morgan fingerprint density at radius 3 is 2.45 bits per heavy atom. The number of hydrogen-bond donors (Lipinski definition) is 1.